The lowest BCUT2D eigenvalue weighted by molar-refractivity contribution is -0.117. The van der Waals surface area contributed by atoms with Gasteiger partial charge in [-0.1, -0.05) is 23.6 Å². The highest BCUT2D eigenvalue weighted by atomic mass is 32.2. The minimum atomic E-state index is -0.590. The molecule has 1 aromatic carbocycles. The summed E-state index contributed by atoms with van der Waals surface area (Å²) in [6, 6.07) is 3.61. The molecule has 2 amide bonds. The maximum absolute atomic E-state index is 13.7. The third-order valence-electron chi connectivity index (χ3n) is 2.55. The van der Waals surface area contributed by atoms with Gasteiger partial charge >= 0.3 is 0 Å². The van der Waals surface area contributed by atoms with Gasteiger partial charge < -0.3 is 16.4 Å². The van der Waals surface area contributed by atoms with Crippen LogP contribution in [-0.4, -0.2) is 29.5 Å². The van der Waals surface area contributed by atoms with Gasteiger partial charge in [0.15, 0.2) is 0 Å². The van der Waals surface area contributed by atoms with E-state index in [4.69, 9.17) is 5.73 Å². The monoisotopic (exact) mass is 293 g/mol. The first-order chi connectivity index (χ1) is 9.60. The van der Waals surface area contributed by atoms with Crippen molar-refractivity contribution in [1.29, 1.82) is 0 Å². The van der Waals surface area contributed by atoms with Crippen molar-refractivity contribution in [2.24, 2.45) is 5.73 Å². The number of hydrogen-bond donors (Lipinski definition) is 3. The van der Waals surface area contributed by atoms with Gasteiger partial charge in [0.2, 0.25) is 5.91 Å². The fraction of sp³-hybridized carbons (Fsp3) is 0.231. The molecule has 1 aliphatic rings. The summed E-state index contributed by atoms with van der Waals surface area (Å²) in [6.07, 6.45) is 0. The summed E-state index contributed by atoms with van der Waals surface area (Å²) < 4.78 is 13.7. The molecule has 1 heterocycles. The second kappa shape index (κ2) is 6.41. The molecule has 0 saturated carbocycles. The second-order valence-corrected chi connectivity index (χ2v) is 4.98. The van der Waals surface area contributed by atoms with Crippen molar-refractivity contribution in [1.82, 2.24) is 5.32 Å². The zero-order chi connectivity index (χ0) is 14.5. The molecule has 20 heavy (non-hydrogen) atoms. The first-order valence-corrected chi connectivity index (χ1v) is 6.81. The average molecular weight is 293 g/mol. The van der Waals surface area contributed by atoms with E-state index in [0.717, 1.165) is 11.8 Å². The average Bonchev–Trinajstić information content (AvgIpc) is 2.85. The Morgan fingerprint density at radius 2 is 2.40 bits per heavy atom. The summed E-state index contributed by atoms with van der Waals surface area (Å²) >= 11 is 1.04. The van der Waals surface area contributed by atoms with E-state index in [9.17, 15) is 14.0 Å². The predicted octanol–water partition coefficient (Wildman–Crippen LogP) is 0.899. The van der Waals surface area contributed by atoms with Crippen LogP contribution in [-0.2, 0) is 4.79 Å². The predicted molar refractivity (Wildman–Crippen MR) is 75.7 cm³/mol. The first kappa shape index (κ1) is 14.4. The number of rotatable bonds is 2. The molecule has 0 aromatic heterocycles. The van der Waals surface area contributed by atoms with Gasteiger partial charge in [0, 0.05) is 11.4 Å². The topological polar surface area (TPSA) is 84.2 Å². The third kappa shape index (κ3) is 3.50. The molecule has 0 bridgehead atoms. The molecule has 0 spiro atoms. The molecule has 4 N–H and O–H groups in total. The molecule has 1 unspecified atom stereocenters. The van der Waals surface area contributed by atoms with Crippen molar-refractivity contribution < 1.29 is 14.0 Å². The molecule has 0 aliphatic carbocycles. The van der Waals surface area contributed by atoms with Crippen LogP contribution in [0.15, 0.2) is 18.2 Å². The molecule has 1 aromatic rings. The molecular weight excluding hydrogens is 281 g/mol. The van der Waals surface area contributed by atoms with Crippen molar-refractivity contribution in [2.75, 3.05) is 17.6 Å². The SMILES string of the molecule is NCC#Cc1ccc(NC(=O)C2CSC(=O)N2)cc1F. The van der Waals surface area contributed by atoms with E-state index >= 15 is 0 Å². The molecule has 5 nitrogen and oxygen atoms in total. The Morgan fingerprint density at radius 1 is 1.60 bits per heavy atom. The Kier molecular flexibility index (Phi) is 4.61. The van der Waals surface area contributed by atoms with E-state index in [1.54, 1.807) is 6.07 Å². The van der Waals surface area contributed by atoms with Gasteiger partial charge in [-0.3, -0.25) is 9.59 Å². The highest BCUT2D eigenvalue weighted by Gasteiger charge is 2.27. The van der Waals surface area contributed by atoms with Crippen LogP contribution < -0.4 is 16.4 Å². The van der Waals surface area contributed by atoms with Crippen LogP contribution in [0.4, 0.5) is 14.9 Å². The van der Waals surface area contributed by atoms with Crippen LogP contribution in [0, 0.1) is 17.7 Å². The summed E-state index contributed by atoms with van der Waals surface area (Å²) in [5.74, 6) is 4.61. The molecule has 7 heteroatoms. The number of nitrogens with two attached hydrogens (primary N) is 1. The number of amides is 2. The Bertz CT molecular complexity index is 609. The standard InChI is InChI=1S/C13H12FN3O2S/c14-10-6-9(4-3-8(10)2-1-5-15)16-12(18)11-7-20-13(19)17-11/h3-4,6,11H,5,7,15H2,(H,16,18)(H,17,19). The van der Waals surface area contributed by atoms with Gasteiger partial charge in [-0.2, -0.15) is 0 Å². The Hall–Kier alpha value is -2.04. The number of nitrogens with one attached hydrogen (secondary N) is 2. The number of thioether (sulfide) groups is 1. The minimum Gasteiger partial charge on any atom is -0.334 e. The number of anilines is 1. The van der Waals surface area contributed by atoms with Crippen LogP contribution in [0.3, 0.4) is 0 Å². The summed E-state index contributed by atoms with van der Waals surface area (Å²) in [5, 5.41) is 4.83. The highest BCUT2D eigenvalue weighted by molar-refractivity contribution is 8.14. The zero-order valence-corrected chi connectivity index (χ0v) is 11.2. The van der Waals surface area contributed by atoms with Gasteiger partial charge in [-0.25, -0.2) is 4.39 Å². The third-order valence-corrected chi connectivity index (χ3v) is 3.43. The molecule has 1 fully saturated rings. The van der Waals surface area contributed by atoms with Gasteiger partial charge in [0.05, 0.1) is 12.1 Å². The minimum absolute atomic E-state index is 0.150. The van der Waals surface area contributed by atoms with Crippen LogP contribution in [0.1, 0.15) is 5.56 Å². The number of halogens is 1. The van der Waals surface area contributed by atoms with Crippen molar-refractivity contribution in [3.63, 3.8) is 0 Å². The number of carbonyl (C=O) groups excluding carboxylic acids is 2. The molecule has 104 valence electrons. The van der Waals surface area contributed by atoms with Gasteiger partial charge in [0.1, 0.15) is 11.9 Å². The molecule has 0 radical (unpaired) electrons. The van der Waals surface area contributed by atoms with Crippen LogP contribution in [0.25, 0.3) is 0 Å². The normalized spacial score (nSPS) is 17.1. The summed E-state index contributed by atoms with van der Waals surface area (Å²) in [7, 11) is 0. The molecule has 1 aliphatic heterocycles. The second-order valence-electron chi connectivity index (χ2n) is 3.99. The van der Waals surface area contributed by atoms with Crippen molar-refractivity contribution in [3.05, 3.63) is 29.6 Å². The van der Waals surface area contributed by atoms with E-state index in [2.05, 4.69) is 22.5 Å². The van der Waals surface area contributed by atoms with Crippen LogP contribution in [0.2, 0.25) is 0 Å². The van der Waals surface area contributed by atoms with Crippen molar-refractivity contribution in [3.8, 4) is 11.8 Å². The van der Waals surface area contributed by atoms with Crippen molar-refractivity contribution >= 4 is 28.6 Å². The van der Waals surface area contributed by atoms with Crippen molar-refractivity contribution in [2.45, 2.75) is 6.04 Å². The quantitative estimate of drug-likeness (QED) is 0.707. The first-order valence-electron chi connectivity index (χ1n) is 5.83. The van der Waals surface area contributed by atoms with Gasteiger partial charge in [-0.05, 0) is 18.2 Å². The molecule has 1 saturated heterocycles. The lowest BCUT2D eigenvalue weighted by Crippen LogP contribution is -2.38. The lowest BCUT2D eigenvalue weighted by atomic mass is 10.2. The smallest absolute Gasteiger partial charge is 0.279 e. The maximum Gasteiger partial charge on any atom is 0.279 e. The molecule has 1 atom stereocenters. The van der Waals surface area contributed by atoms with Crippen LogP contribution >= 0.6 is 11.8 Å². The Balaban J connectivity index is 2.05. The van der Waals surface area contributed by atoms with E-state index < -0.39 is 11.9 Å². The van der Waals surface area contributed by atoms with Gasteiger partial charge in [-0.15, -0.1) is 0 Å². The van der Waals surface area contributed by atoms with E-state index in [1.807, 2.05) is 0 Å². The van der Waals surface area contributed by atoms with E-state index in [1.165, 1.54) is 12.1 Å². The fourth-order valence-corrected chi connectivity index (χ4v) is 2.37. The lowest BCUT2D eigenvalue weighted by Gasteiger charge is -2.10. The maximum atomic E-state index is 13.7. The Labute approximate surface area is 119 Å². The molecular formula is C13H12FN3O2S. The fourth-order valence-electron chi connectivity index (χ4n) is 1.60. The number of carbonyl (C=O) groups is 2. The van der Waals surface area contributed by atoms with Gasteiger partial charge in [0.25, 0.3) is 5.24 Å². The highest BCUT2D eigenvalue weighted by Crippen LogP contribution is 2.17. The summed E-state index contributed by atoms with van der Waals surface area (Å²) in [4.78, 5) is 22.8. The Morgan fingerprint density at radius 3 is 3.00 bits per heavy atom. The zero-order valence-electron chi connectivity index (χ0n) is 10.4. The summed E-state index contributed by atoms with van der Waals surface area (Å²) in [5.41, 5.74) is 5.75. The van der Waals surface area contributed by atoms with E-state index in [0.29, 0.717) is 11.4 Å². The summed E-state index contributed by atoms with van der Waals surface area (Å²) in [6.45, 7) is 0.150. The number of benzene rings is 1. The largest absolute Gasteiger partial charge is 0.334 e. The number of hydrogen-bond acceptors (Lipinski definition) is 4. The van der Waals surface area contributed by atoms with Crippen LogP contribution in [0.5, 0.6) is 0 Å². The van der Waals surface area contributed by atoms with E-state index in [-0.39, 0.29) is 23.3 Å². The molecule has 2 rings (SSSR count).